The summed E-state index contributed by atoms with van der Waals surface area (Å²) >= 11 is 0. The van der Waals surface area contributed by atoms with E-state index >= 15 is 0 Å². The predicted octanol–water partition coefficient (Wildman–Crippen LogP) is 4.36. The van der Waals surface area contributed by atoms with Gasteiger partial charge >= 0.3 is 6.01 Å². The summed E-state index contributed by atoms with van der Waals surface area (Å²) in [6.07, 6.45) is 7.66. The number of aromatic nitrogens is 4. The second-order valence-electron chi connectivity index (χ2n) is 8.99. The monoisotopic (exact) mass is 419 g/mol. The molecule has 2 aromatic rings. The Morgan fingerprint density at radius 3 is 2.77 bits per heavy atom. The molecule has 0 spiro atoms. The molecule has 0 aliphatic carbocycles. The van der Waals surface area contributed by atoms with E-state index in [0.717, 1.165) is 57.6 Å². The molecule has 1 saturated heterocycles. The van der Waals surface area contributed by atoms with E-state index in [2.05, 4.69) is 35.7 Å². The first-order valence-electron chi connectivity index (χ1n) is 11.2. The fraction of sp³-hybridized carbons (Fsp3) is 0.773. The first-order chi connectivity index (χ1) is 14.3. The molecule has 2 N–H and O–H groups in total. The second-order valence-corrected chi connectivity index (χ2v) is 8.99. The third kappa shape index (κ3) is 5.53. The average molecular weight is 420 g/mol. The van der Waals surface area contributed by atoms with Gasteiger partial charge in [-0.15, -0.1) is 0 Å². The second kappa shape index (κ2) is 9.81. The third-order valence-electron chi connectivity index (χ3n) is 5.79. The Labute approximate surface area is 179 Å². The van der Waals surface area contributed by atoms with Gasteiger partial charge in [-0.25, -0.2) is 0 Å². The summed E-state index contributed by atoms with van der Waals surface area (Å²) in [7, 11) is 1.62. The zero-order chi connectivity index (χ0) is 21.7. The van der Waals surface area contributed by atoms with Crippen molar-refractivity contribution < 1.29 is 14.2 Å². The van der Waals surface area contributed by atoms with Crippen LogP contribution in [0.5, 0.6) is 12.0 Å². The van der Waals surface area contributed by atoms with Crippen LogP contribution in [0.2, 0.25) is 0 Å². The number of unbranched alkanes of at least 4 members (excludes halogenated alkanes) is 1. The molecule has 3 heterocycles. The van der Waals surface area contributed by atoms with Crippen LogP contribution in [0.4, 0.5) is 5.82 Å². The maximum Gasteiger partial charge on any atom is 0.320 e. The molecule has 0 saturated carbocycles. The largest absolute Gasteiger partial charge is 0.468 e. The molecule has 0 amide bonds. The number of hydrogen-bond acceptors (Lipinski definition) is 7. The van der Waals surface area contributed by atoms with E-state index in [1.54, 1.807) is 7.11 Å². The van der Waals surface area contributed by atoms with Crippen LogP contribution in [0.15, 0.2) is 0 Å². The minimum Gasteiger partial charge on any atom is -0.468 e. The van der Waals surface area contributed by atoms with E-state index in [0.29, 0.717) is 29.0 Å². The standard InChI is InChI=1S/C22H37N5O3/c1-6-9-15(2)30-20-25-18(23)17-19(26-20)27(21(24-17)28-5)12-8-7-10-16-11-13-29-22(3,4)14-16/h15-16H,6-14H2,1-5H3,(H2,23,25,26)/t15-,16?/m0/s1. The van der Waals surface area contributed by atoms with E-state index in [9.17, 15) is 0 Å². The van der Waals surface area contributed by atoms with Gasteiger partial charge in [-0.05, 0) is 52.4 Å². The summed E-state index contributed by atoms with van der Waals surface area (Å²) in [4.78, 5) is 13.4. The van der Waals surface area contributed by atoms with E-state index in [1.807, 2.05) is 11.5 Å². The van der Waals surface area contributed by atoms with Gasteiger partial charge < -0.3 is 19.9 Å². The predicted molar refractivity (Wildman–Crippen MR) is 118 cm³/mol. The molecule has 0 bridgehead atoms. The fourth-order valence-corrected chi connectivity index (χ4v) is 4.34. The van der Waals surface area contributed by atoms with E-state index in [1.165, 1.54) is 6.42 Å². The van der Waals surface area contributed by atoms with Crippen molar-refractivity contribution in [1.82, 2.24) is 19.5 Å². The number of hydrogen-bond donors (Lipinski definition) is 1. The van der Waals surface area contributed by atoms with E-state index < -0.39 is 0 Å². The average Bonchev–Trinajstić information content (AvgIpc) is 3.03. The number of methoxy groups -OCH3 is 1. The minimum absolute atomic E-state index is 0.00640. The number of imidazole rings is 1. The van der Waals surface area contributed by atoms with Gasteiger partial charge in [0, 0.05) is 13.2 Å². The highest BCUT2D eigenvalue weighted by Crippen LogP contribution is 2.32. The Morgan fingerprint density at radius 1 is 1.27 bits per heavy atom. The number of nitrogen functional groups attached to an aromatic ring is 1. The summed E-state index contributed by atoms with van der Waals surface area (Å²) in [6.45, 7) is 10.2. The highest BCUT2D eigenvalue weighted by molar-refractivity contribution is 5.83. The van der Waals surface area contributed by atoms with Gasteiger partial charge in [0.1, 0.15) is 0 Å². The maximum atomic E-state index is 6.15. The van der Waals surface area contributed by atoms with Crippen LogP contribution in [0.25, 0.3) is 11.2 Å². The van der Waals surface area contributed by atoms with Crippen LogP contribution in [0.1, 0.15) is 72.6 Å². The number of aryl methyl sites for hydroxylation is 1. The molecular weight excluding hydrogens is 382 g/mol. The van der Waals surface area contributed by atoms with Gasteiger partial charge in [0.15, 0.2) is 17.0 Å². The lowest BCUT2D eigenvalue weighted by molar-refractivity contribution is -0.0738. The van der Waals surface area contributed by atoms with Crippen molar-refractivity contribution in [3.63, 3.8) is 0 Å². The first-order valence-corrected chi connectivity index (χ1v) is 11.2. The molecule has 0 radical (unpaired) electrons. The van der Waals surface area contributed by atoms with Crippen molar-refractivity contribution in [1.29, 1.82) is 0 Å². The summed E-state index contributed by atoms with van der Waals surface area (Å²) in [5, 5.41) is 0. The topological polar surface area (TPSA) is 97.3 Å². The Hall–Kier alpha value is -2.09. The summed E-state index contributed by atoms with van der Waals surface area (Å²) < 4.78 is 19.2. The van der Waals surface area contributed by atoms with Crippen LogP contribution < -0.4 is 15.2 Å². The minimum atomic E-state index is 0.00640. The Kier molecular flexibility index (Phi) is 7.39. The van der Waals surface area contributed by atoms with Crippen LogP contribution >= 0.6 is 0 Å². The zero-order valence-corrected chi connectivity index (χ0v) is 19.1. The molecule has 3 rings (SSSR count). The lowest BCUT2D eigenvalue weighted by Crippen LogP contribution is -2.33. The molecule has 1 aliphatic heterocycles. The van der Waals surface area contributed by atoms with Gasteiger partial charge in [-0.2, -0.15) is 15.0 Å². The highest BCUT2D eigenvalue weighted by Gasteiger charge is 2.28. The van der Waals surface area contributed by atoms with E-state index in [-0.39, 0.29) is 11.7 Å². The summed E-state index contributed by atoms with van der Waals surface area (Å²) in [5.41, 5.74) is 7.39. The van der Waals surface area contributed by atoms with Crippen LogP contribution in [-0.2, 0) is 11.3 Å². The number of ether oxygens (including phenoxy) is 3. The smallest absolute Gasteiger partial charge is 0.320 e. The molecule has 8 nitrogen and oxygen atoms in total. The first kappa shape index (κ1) is 22.6. The van der Waals surface area contributed by atoms with Crippen molar-refractivity contribution in [2.75, 3.05) is 19.5 Å². The molecule has 168 valence electrons. The highest BCUT2D eigenvalue weighted by atomic mass is 16.5. The number of rotatable bonds is 10. The van der Waals surface area contributed by atoms with Gasteiger partial charge in [0.05, 0.1) is 18.8 Å². The van der Waals surface area contributed by atoms with Crippen molar-refractivity contribution in [2.45, 2.75) is 90.9 Å². The van der Waals surface area contributed by atoms with Crippen LogP contribution in [0, 0.1) is 5.92 Å². The molecule has 1 aliphatic rings. The number of fused-ring (bicyclic) bond motifs is 1. The Balaban J connectivity index is 1.68. The third-order valence-corrected chi connectivity index (χ3v) is 5.79. The Morgan fingerprint density at radius 2 is 2.07 bits per heavy atom. The lowest BCUT2D eigenvalue weighted by atomic mass is 9.85. The molecule has 1 unspecified atom stereocenters. The molecule has 1 fully saturated rings. The van der Waals surface area contributed by atoms with Gasteiger partial charge in [0.2, 0.25) is 0 Å². The SMILES string of the molecule is CCC[C@H](C)Oc1nc(N)c2nc(OC)n(CCCCC3CCOC(C)(C)C3)c2n1. The summed E-state index contributed by atoms with van der Waals surface area (Å²) in [6, 6.07) is 0.811. The van der Waals surface area contributed by atoms with Crippen LogP contribution in [0.3, 0.4) is 0 Å². The molecule has 30 heavy (non-hydrogen) atoms. The summed E-state index contributed by atoms with van der Waals surface area (Å²) in [5.74, 6) is 1.05. The van der Waals surface area contributed by atoms with Crippen molar-refractivity contribution in [3.05, 3.63) is 0 Å². The maximum absolute atomic E-state index is 6.15. The lowest BCUT2D eigenvalue weighted by Gasteiger charge is -2.35. The molecular formula is C22H37N5O3. The molecule has 8 heteroatoms. The van der Waals surface area contributed by atoms with E-state index in [4.69, 9.17) is 19.9 Å². The van der Waals surface area contributed by atoms with Crippen molar-refractivity contribution >= 4 is 17.0 Å². The number of nitrogens with two attached hydrogens (primary N) is 1. The quantitative estimate of drug-likeness (QED) is 0.571. The number of nitrogens with zero attached hydrogens (tertiary/aromatic N) is 4. The Bertz CT molecular complexity index is 836. The van der Waals surface area contributed by atoms with Crippen LogP contribution in [-0.4, -0.2) is 44.9 Å². The van der Waals surface area contributed by atoms with Gasteiger partial charge in [-0.3, -0.25) is 4.57 Å². The van der Waals surface area contributed by atoms with Gasteiger partial charge in [-0.1, -0.05) is 26.2 Å². The van der Waals surface area contributed by atoms with Crippen molar-refractivity contribution in [2.24, 2.45) is 5.92 Å². The molecule has 2 atom stereocenters. The number of anilines is 1. The fourth-order valence-electron chi connectivity index (χ4n) is 4.34. The van der Waals surface area contributed by atoms with Gasteiger partial charge in [0.25, 0.3) is 6.01 Å². The molecule has 0 aromatic carbocycles. The normalized spacial score (nSPS) is 19.7. The van der Waals surface area contributed by atoms with Crippen molar-refractivity contribution in [3.8, 4) is 12.0 Å². The zero-order valence-electron chi connectivity index (χ0n) is 19.1. The molecule has 2 aromatic heterocycles.